The van der Waals surface area contributed by atoms with Crippen LogP contribution in [0.1, 0.15) is 21.6 Å². The van der Waals surface area contributed by atoms with E-state index in [1.54, 1.807) is 13.0 Å². The van der Waals surface area contributed by atoms with E-state index in [-0.39, 0.29) is 5.69 Å². The van der Waals surface area contributed by atoms with E-state index in [0.29, 0.717) is 11.4 Å². The van der Waals surface area contributed by atoms with Gasteiger partial charge >= 0.3 is 5.97 Å². The van der Waals surface area contributed by atoms with E-state index in [1.807, 2.05) is 0 Å². The second-order valence-electron chi connectivity index (χ2n) is 2.38. The number of aromatic nitrogens is 1. The van der Waals surface area contributed by atoms with Crippen molar-refractivity contribution in [2.45, 2.75) is 12.8 Å². The number of carboxylic acids is 1. The smallest absolute Gasteiger partial charge is 0.354 e. The minimum Gasteiger partial charge on any atom is -0.477 e. The summed E-state index contributed by atoms with van der Waals surface area (Å²) in [6, 6.07) is 1.72. The van der Waals surface area contributed by atoms with Crippen molar-refractivity contribution in [1.29, 1.82) is 0 Å². The first-order chi connectivity index (χ1) is 5.66. The molecule has 0 radical (unpaired) electrons. The van der Waals surface area contributed by atoms with Gasteiger partial charge in [-0.3, -0.25) is 0 Å². The summed E-state index contributed by atoms with van der Waals surface area (Å²) in [5.41, 5.74) is 1.53. The average Bonchev–Trinajstić information content (AvgIpc) is 2.04. The van der Waals surface area contributed by atoms with Crippen LogP contribution in [0, 0.1) is 6.92 Å². The molecular formula is C8H8ClNO2. The highest BCUT2D eigenvalue weighted by Crippen LogP contribution is 2.12. The molecule has 0 bridgehead atoms. The Hall–Kier alpha value is -1.09. The van der Waals surface area contributed by atoms with Crippen molar-refractivity contribution in [2.24, 2.45) is 0 Å². The molecule has 3 nitrogen and oxygen atoms in total. The van der Waals surface area contributed by atoms with E-state index in [2.05, 4.69) is 4.98 Å². The Bertz CT molecular complexity index is 312. The van der Waals surface area contributed by atoms with Gasteiger partial charge in [0, 0.05) is 12.1 Å². The normalized spacial score (nSPS) is 9.83. The molecule has 64 valence electrons. The molecule has 1 aromatic heterocycles. The van der Waals surface area contributed by atoms with Crippen LogP contribution < -0.4 is 0 Å². The van der Waals surface area contributed by atoms with Gasteiger partial charge in [-0.05, 0) is 24.1 Å². The number of alkyl halides is 1. The maximum atomic E-state index is 10.6. The van der Waals surface area contributed by atoms with Crippen molar-refractivity contribution in [3.05, 3.63) is 29.1 Å². The molecule has 0 aliphatic rings. The maximum Gasteiger partial charge on any atom is 0.354 e. The molecule has 0 amide bonds. The summed E-state index contributed by atoms with van der Waals surface area (Å²) in [5, 5.41) is 8.68. The predicted octanol–water partition coefficient (Wildman–Crippen LogP) is 1.83. The summed E-state index contributed by atoms with van der Waals surface area (Å²) in [6.07, 6.45) is 1.45. The molecule has 0 atom stereocenters. The van der Waals surface area contributed by atoms with Crippen LogP contribution in [-0.4, -0.2) is 16.1 Å². The van der Waals surface area contributed by atoms with Crippen LogP contribution in [0.5, 0.6) is 0 Å². The Morgan fingerprint density at radius 2 is 2.42 bits per heavy atom. The Morgan fingerprint density at radius 1 is 1.75 bits per heavy atom. The van der Waals surface area contributed by atoms with Crippen LogP contribution in [0.4, 0.5) is 0 Å². The van der Waals surface area contributed by atoms with E-state index >= 15 is 0 Å². The highest BCUT2D eigenvalue weighted by atomic mass is 35.5. The largest absolute Gasteiger partial charge is 0.477 e. The summed E-state index contributed by atoms with van der Waals surface area (Å²) in [6.45, 7) is 1.70. The second kappa shape index (κ2) is 3.54. The first kappa shape index (κ1) is 9.00. The number of hydrogen-bond donors (Lipinski definition) is 1. The van der Waals surface area contributed by atoms with Crippen LogP contribution in [0.3, 0.4) is 0 Å². The third-order valence-corrected chi connectivity index (χ3v) is 1.95. The summed E-state index contributed by atoms with van der Waals surface area (Å²) >= 11 is 5.59. The van der Waals surface area contributed by atoms with Crippen LogP contribution in [0.25, 0.3) is 0 Å². The van der Waals surface area contributed by atoms with Gasteiger partial charge in [-0.25, -0.2) is 9.78 Å². The molecular weight excluding hydrogens is 178 g/mol. The molecule has 12 heavy (non-hydrogen) atoms. The van der Waals surface area contributed by atoms with Gasteiger partial charge in [-0.1, -0.05) is 0 Å². The van der Waals surface area contributed by atoms with Gasteiger partial charge in [0.1, 0.15) is 0 Å². The number of halogens is 1. The average molecular weight is 186 g/mol. The van der Waals surface area contributed by atoms with Crippen LogP contribution in [0.15, 0.2) is 12.3 Å². The second-order valence-corrected chi connectivity index (χ2v) is 2.65. The molecule has 1 aromatic rings. The monoisotopic (exact) mass is 185 g/mol. The van der Waals surface area contributed by atoms with Crippen molar-refractivity contribution in [3.63, 3.8) is 0 Å². The molecule has 0 aromatic carbocycles. The van der Waals surface area contributed by atoms with Gasteiger partial charge < -0.3 is 5.11 Å². The molecule has 0 aliphatic carbocycles. The molecule has 0 saturated heterocycles. The fourth-order valence-electron chi connectivity index (χ4n) is 0.936. The highest BCUT2D eigenvalue weighted by Gasteiger charge is 2.10. The summed E-state index contributed by atoms with van der Waals surface area (Å²) in [4.78, 5) is 14.3. The minimum absolute atomic E-state index is 0.0770. The lowest BCUT2D eigenvalue weighted by molar-refractivity contribution is 0.0689. The molecule has 0 fully saturated rings. The lowest BCUT2D eigenvalue weighted by Crippen LogP contribution is -2.04. The summed E-state index contributed by atoms with van der Waals surface area (Å²) < 4.78 is 0. The number of carbonyl (C=O) groups is 1. The van der Waals surface area contributed by atoms with Gasteiger partial charge in [-0.2, -0.15) is 0 Å². The third kappa shape index (κ3) is 1.56. The zero-order valence-corrected chi connectivity index (χ0v) is 7.30. The van der Waals surface area contributed by atoms with Crippen LogP contribution >= 0.6 is 11.6 Å². The lowest BCUT2D eigenvalue weighted by atomic mass is 10.1. The Labute approximate surface area is 75.0 Å². The molecule has 0 spiro atoms. The number of pyridine rings is 1. The van der Waals surface area contributed by atoms with E-state index in [9.17, 15) is 4.79 Å². The molecule has 0 aliphatic heterocycles. The number of nitrogens with zero attached hydrogens (tertiary/aromatic N) is 1. The number of rotatable bonds is 2. The van der Waals surface area contributed by atoms with Gasteiger partial charge in [0.15, 0.2) is 5.69 Å². The first-order valence-electron chi connectivity index (χ1n) is 3.40. The predicted molar refractivity (Wildman–Crippen MR) is 45.5 cm³/mol. The third-order valence-electron chi connectivity index (χ3n) is 1.66. The Balaban J connectivity index is 3.23. The van der Waals surface area contributed by atoms with E-state index < -0.39 is 5.97 Å². The molecule has 0 saturated carbocycles. The topological polar surface area (TPSA) is 50.2 Å². The maximum absolute atomic E-state index is 10.6. The van der Waals surface area contributed by atoms with Gasteiger partial charge in [0.05, 0.1) is 0 Å². The Kier molecular flexibility index (Phi) is 2.65. The SMILES string of the molecule is Cc1c(CCl)ccnc1C(=O)O. The fourth-order valence-corrected chi connectivity index (χ4v) is 1.23. The van der Waals surface area contributed by atoms with Crippen molar-refractivity contribution in [3.8, 4) is 0 Å². The minimum atomic E-state index is -1.01. The summed E-state index contributed by atoms with van der Waals surface area (Å²) in [5.74, 6) is -0.700. The van der Waals surface area contributed by atoms with Crippen LogP contribution in [0.2, 0.25) is 0 Å². The zero-order valence-electron chi connectivity index (χ0n) is 6.54. The molecule has 0 unspecified atom stereocenters. The molecule has 1 N–H and O–H groups in total. The first-order valence-corrected chi connectivity index (χ1v) is 3.94. The number of carboxylic acid groups (broad SMARTS) is 1. The Morgan fingerprint density at radius 3 is 2.92 bits per heavy atom. The van der Waals surface area contributed by atoms with Gasteiger partial charge in [0.25, 0.3) is 0 Å². The van der Waals surface area contributed by atoms with Gasteiger partial charge in [-0.15, -0.1) is 11.6 Å². The van der Waals surface area contributed by atoms with E-state index in [4.69, 9.17) is 16.7 Å². The molecule has 4 heteroatoms. The quantitative estimate of drug-likeness (QED) is 0.716. The molecule has 1 heterocycles. The fraction of sp³-hybridized carbons (Fsp3) is 0.250. The highest BCUT2D eigenvalue weighted by molar-refractivity contribution is 6.17. The van der Waals surface area contributed by atoms with Crippen molar-refractivity contribution in [2.75, 3.05) is 0 Å². The number of hydrogen-bond acceptors (Lipinski definition) is 2. The lowest BCUT2D eigenvalue weighted by Gasteiger charge is -2.03. The van der Waals surface area contributed by atoms with Crippen molar-refractivity contribution < 1.29 is 9.90 Å². The standard InChI is InChI=1S/C8H8ClNO2/c1-5-6(4-9)2-3-10-7(5)8(11)12/h2-3H,4H2,1H3,(H,11,12). The van der Waals surface area contributed by atoms with Crippen LogP contribution in [-0.2, 0) is 5.88 Å². The summed E-state index contributed by atoms with van der Waals surface area (Å²) in [7, 11) is 0. The van der Waals surface area contributed by atoms with Gasteiger partial charge in [0.2, 0.25) is 0 Å². The van der Waals surface area contributed by atoms with E-state index in [1.165, 1.54) is 6.20 Å². The zero-order chi connectivity index (χ0) is 9.14. The molecule has 1 rings (SSSR count). The number of aromatic carboxylic acids is 1. The van der Waals surface area contributed by atoms with Crippen molar-refractivity contribution in [1.82, 2.24) is 4.98 Å². The van der Waals surface area contributed by atoms with Crippen molar-refractivity contribution >= 4 is 17.6 Å². The van der Waals surface area contributed by atoms with E-state index in [0.717, 1.165) is 5.56 Å².